The van der Waals surface area contributed by atoms with Crippen molar-refractivity contribution in [3.8, 4) is 0 Å². The third-order valence-electron chi connectivity index (χ3n) is 4.92. The molecular weight excluding hydrogens is 388 g/mol. The van der Waals surface area contributed by atoms with Crippen LogP contribution < -0.4 is 5.32 Å². The van der Waals surface area contributed by atoms with E-state index in [1.165, 1.54) is 18.8 Å². The van der Waals surface area contributed by atoms with Crippen molar-refractivity contribution in [1.82, 2.24) is 19.7 Å². The summed E-state index contributed by atoms with van der Waals surface area (Å²) in [6.45, 7) is 4.25. The molecule has 0 aliphatic heterocycles. The molecule has 0 aromatic carbocycles. The summed E-state index contributed by atoms with van der Waals surface area (Å²) in [5.41, 5.74) is 0.339. The van der Waals surface area contributed by atoms with Crippen LogP contribution in [0, 0.1) is 0 Å². The van der Waals surface area contributed by atoms with Crippen molar-refractivity contribution in [2.45, 2.75) is 64.8 Å². The number of fused-ring (bicyclic) bond motifs is 1. The number of amides is 1. The molecule has 0 bridgehead atoms. The molecule has 1 fully saturated rings. The molecule has 0 unspecified atom stereocenters. The van der Waals surface area contributed by atoms with E-state index < -0.39 is 18.0 Å². The minimum absolute atomic E-state index is 0.0357. The maximum atomic E-state index is 13.5. The number of hydrogen-bond donors (Lipinski definition) is 1. The Morgan fingerprint density at radius 3 is 2.67 bits per heavy atom. The molecule has 3 aromatic rings. The molecule has 1 saturated carbocycles. The Labute approximate surface area is 174 Å². The van der Waals surface area contributed by atoms with E-state index in [1.54, 1.807) is 29.2 Å². The van der Waals surface area contributed by atoms with Gasteiger partial charge in [-0.3, -0.25) is 19.4 Å². The molecule has 0 saturated heterocycles. The number of nitrogens with one attached hydrogen (secondary N) is 1. The first kappa shape index (κ1) is 21.8. The van der Waals surface area contributed by atoms with E-state index >= 15 is 0 Å². The summed E-state index contributed by atoms with van der Waals surface area (Å²) < 4.78 is 28.5. The Morgan fingerprint density at radius 2 is 1.97 bits per heavy atom. The van der Waals surface area contributed by atoms with Crippen LogP contribution in [0.5, 0.6) is 0 Å². The monoisotopic (exact) mass is 415 g/mol. The van der Waals surface area contributed by atoms with Crippen LogP contribution >= 0.6 is 0 Å². The lowest BCUT2D eigenvalue weighted by atomic mass is 9.96. The Bertz CT molecular complexity index is 977. The lowest BCUT2D eigenvalue weighted by molar-refractivity contribution is 0.102. The number of pyridine rings is 2. The SMILES string of the molecule is CCC.O=C(Nc1cn(C2CCCCC2)nc1C(F)F)c1cncc2cccnc12. The maximum absolute atomic E-state index is 13.5. The van der Waals surface area contributed by atoms with Crippen LogP contribution in [-0.4, -0.2) is 25.7 Å². The highest BCUT2D eigenvalue weighted by Crippen LogP contribution is 2.32. The zero-order chi connectivity index (χ0) is 21.5. The molecule has 30 heavy (non-hydrogen) atoms. The van der Waals surface area contributed by atoms with Crippen LogP contribution in [0.25, 0.3) is 10.9 Å². The fourth-order valence-corrected chi connectivity index (χ4v) is 3.55. The molecule has 3 aromatic heterocycles. The second-order valence-electron chi connectivity index (χ2n) is 7.42. The zero-order valence-electron chi connectivity index (χ0n) is 17.3. The largest absolute Gasteiger partial charge is 0.319 e. The van der Waals surface area contributed by atoms with Gasteiger partial charge in [0.2, 0.25) is 0 Å². The summed E-state index contributed by atoms with van der Waals surface area (Å²) in [6, 6.07) is 3.63. The molecule has 0 spiro atoms. The smallest absolute Gasteiger partial charge is 0.284 e. The average Bonchev–Trinajstić information content (AvgIpc) is 3.18. The second-order valence-corrected chi connectivity index (χ2v) is 7.42. The van der Waals surface area contributed by atoms with E-state index in [1.807, 2.05) is 0 Å². The van der Waals surface area contributed by atoms with Crippen molar-refractivity contribution in [3.63, 3.8) is 0 Å². The van der Waals surface area contributed by atoms with Gasteiger partial charge in [0.1, 0.15) is 0 Å². The normalized spacial score (nSPS) is 14.4. The van der Waals surface area contributed by atoms with Crippen LogP contribution in [0.1, 0.15) is 80.9 Å². The van der Waals surface area contributed by atoms with Gasteiger partial charge in [-0.25, -0.2) is 8.78 Å². The van der Waals surface area contributed by atoms with Crippen molar-refractivity contribution < 1.29 is 13.6 Å². The summed E-state index contributed by atoms with van der Waals surface area (Å²) >= 11 is 0. The van der Waals surface area contributed by atoms with Crippen LogP contribution in [0.4, 0.5) is 14.5 Å². The minimum Gasteiger partial charge on any atom is -0.319 e. The van der Waals surface area contributed by atoms with Gasteiger partial charge in [-0.15, -0.1) is 0 Å². The molecule has 8 heteroatoms. The van der Waals surface area contributed by atoms with E-state index in [0.717, 1.165) is 32.1 Å². The van der Waals surface area contributed by atoms with Crippen LogP contribution in [0.3, 0.4) is 0 Å². The molecule has 1 aliphatic carbocycles. The number of hydrogen-bond acceptors (Lipinski definition) is 4. The highest BCUT2D eigenvalue weighted by atomic mass is 19.3. The summed E-state index contributed by atoms with van der Waals surface area (Å²) in [5.74, 6) is -0.531. The maximum Gasteiger partial charge on any atom is 0.284 e. The molecular formula is C22H27F2N5O. The van der Waals surface area contributed by atoms with Gasteiger partial charge in [0.15, 0.2) is 5.69 Å². The van der Waals surface area contributed by atoms with Crippen molar-refractivity contribution in [1.29, 1.82) is 0 Å². The Morgan fingerprint density at radius 1 is 1.23 bits per heavy atom. The predicted molar refractivity (Wildman–Crippen MR) is 113 cm³/mol. The molecule has 0 atom stereocenters. The fourth-order valence-electron chi connectivity index (χ4n) is 3.55. The van der Waals surface area contributed by atoms with Crippen LogP contribution in [0.15, 0.2) is 36.9 Å². The van der Waals surface area contributed by atoms with Gasteiger partial charge < -0.3 is 5.32 Å². The van der Waals surface area contributed by atoms with Crippen LogP contribution in [-0.2, 0) is 0 Å². The molecule has 3 heterocycles. The molecule has 6 nitrogen and oxygen atoms in total. The number of nitrogens with zero attached hydrogens (tertiary/aromatic N) is 4. The van der Waals surface area contributed by atoms with E-state index in [4.69, 9.17) is 0 Å². The number of anilines is 1. The topological polar surface area (TPSA) is 72.7 Å². The van der Waals surface area contributed by atoms with Crippen molar-refractivity contribution >= 4 is 22.5 Å². The lowest BCUT2D eigenvalue weighted by Gasteiger charge is -2.21. The summed E-state index contributed by atoms with van der Waals surface area (Å²) in [6.07, 6.45) is 9.66. The Balaban J connectivity index is 0.000000806. The van der Waals surface area contributed by atoms with E-state index in [-0.39, 0.29) is 17.3 Å². The molecule has 0 radical (unpaired) electrons. The van der Waals surface area contributed by atoms with E-state index in [0.29, 0.717) is 10.9 Å². The number of rotatable bonds is 4. The van der Waals surface area contributed by atoms with E-state index in [9.17, 15) is 13.6 Å². The quantitative estimate of drug-likeness (QED) is 0.572. The highest BCUT2D eigenvalue weighted by molar-refractivity contribution is 6.11. The van der Waals surface area contributed by atoms with Gasteiger partial charge in [0.05, 0.1) is 22.8 Å². The molecule has 160 valence electrons. The number of carbonyl (C=O) groups excluding carboxylic acids is 1. The highest BCUT2D eigenvalue weighted by Gasteiger charge is 2.24. The molecule has 1 N–H and O–H groups in total. The van der Waals surface area contributed by atoms with Crippen LogP contribution in [0.2, 0.25) is 0 Å². The molecule has 1 aliphatic rings. The average molecular weight is 415 g/mol. The first-order valence-electron chi connectivity index (χ1n) is 10.4. The third kappa shape index (κ3) is 4.98. The lowest BCUT2D eigenvalue weighted by Crippen LogP contribution is -2.14. The molecule has 1 amide bonds. The van der Waals surface area contributed by atoms with E-state index in [2.05, 4.69) is 34.2 Å². The fraction of sp³-hybridized carbons (Fsp3) is 0.455. The molecule has 4 rings (SSSR count). The summed E-state index contributed by atoms with van der Waals surface area (Å²) in [4.78, 5) is 21.0. The van der Waals surface area contributed by atoms with Crippen molar-refractivity contribution in [3.05, 3.63) is 48.2 Å². The first-order chi connectivity index (χ1) is 14.5. The van der Waals surface area contributed by atoms with Gasteiger partial charge in [0, 0.05) is 30.2 Å². The number of alkyl halides is 2. The third-order valence-corrected chi connectivity index (χ3v) is 4.92. The van der Waals surface area contributed by atoms with Gasteiger partial charge in [0.25, 0.3) is 12.3 Å². The minimum atomic E-state index is -2.77. The Kier molecular flexibility index (Phi) is 7.43. The van der Waals surface area contributed by atoms with Crippen molar-refractivity contribution in [2.75, 3.05) is 5.32 Å². The Hall–Kier alpha value is -2.90. The zero-order valence-corrected chi connectivity index (χ0v) is 17.3. The summed E-state index contributed by atoms with van der Waals surface area (Å²) in [7, 11) is 0. The van der Waals surface area contributed by atoms with Crippen molar-refractivity contribution in [2.24, 2.45) is 0 Å². The van der Waals surface area contributed by atoms with Gasteiger partial charge in [-0.1, -0.05) is 39.5 Å². The summed E-state index contributed by atoms with van der Waals surface area (Å²) in [5, 5.41) is 7.35. The number of aromatic nitrogens is 4. The first-order valence-corrected chi connectivity index (χ1v) is 10.4. The van der Waals surface area contributed by atoms with Gasteiger partial charge in [-0.2, -0.15) is 5.10 Å². The second kappa shape index (κ2) is 10.2. The number of carbonyl (C=O) groups is 1. The number of halogens is 2. The van der Waals surface area contributed by atoms with Gasteiger partial charge >= 0.3 is 0 Å². The standard InChI is InChI=1S/C19H19F2N5O.C3H8/c20-18(21)17-15(11-26(25-17)13-6-2-1-3-7-13)24-19(27)14-10-22-9-12-5-4-8-23-16(12)14;1-3-2/h4-5,8-11,13,18H,1-3,6-7H2,(H,24,27);3H2,1-2H3. The van der Waals surface area contributed by atoms with Gasteiger partial charge in [-0.05, 0) is 25.0 Å². The predicted octanol–water partition coefficient (Wildman–Crippen LogP) is 5.94.